The van der Waals surface area contributed by atoms with Gasteiger partial charge in [-0.3, -0.25) is 9.36 Å². The fraction of sp³-hybridized carbons (Fsp3) is 0.214. The van der Waals surface area contributed by atoms with Crippen LogP contribution in [0.4, 0.5) is 15.9 Å². The van der Waals surface area contributed by atoms with Crippen molar-refractivity contribution in [1.29, 1.82) is 0 Å². The lowest BCUT2D eigenvalue weighted by Crippen LogP contribution is -2.27. The van der Waals surface area contributed by atoms with Gasteiger partial charge in [-0.05, 0) is 55.0 Å². The molecule has 3 aromatic heterocycles. The number of benzene rings is 2. The number of nitrogens with one attached hydrogen (secondary N) is 1. The highest BCUT2D eigenvalue weighted by molar-refractivity contribution is 5.84. The fourth-order valence-corrected chi connectivity index (χ4v) is 4.64. The van der Waals surface area contributed by atoms with Crippen molar-refractivity contribution in [3.63, 3.8) is 0 Å². The number of nitrogens with zero attached hydrogens (tertiary/aromatic N) is 4. The zero-order valence-electron chi connectivity index (χ0n) is 20.2. The third-order valence-electron chi connectivity index (χ3n) is 6.70. The third kappa shape index (κ3) is 4.12. The molecule has 0 saturated heterocycles. The average molecular weight is 497 g/mol. The summed E-state index contributed by atoms with van der Waals surface area (Å²) in [4.78, 5) is 22.8. The van der Waals surface area contributed by atoms with E-state index in [9.17, 15) is 9.18 Å². The summed E-state index contributed by atoms with van der Waals surface area (Å²) >= 11 is 0. The second kappa shape index (κ2) is 9.16. The minimum Gasteiger partial charge on any atom is -0.398 e. The van der Waals surface area contributed by atoms with Gasteiger partial charge in [-0.15, -0.1) is 0 Å². The summed E-state index contributed by atoms with van der Waals surface area (Å²) in [6, 6.07) is 17.0. The Morgan fingerprint density at radius 3 is 2.73 bits per heavy atom. The van der Waals surface area contributed by atoms with E-state index in [1.807, 2.05) is 43.3 Å². The molecule has 6 rings (SSSR count). The summed E-state index contributed by atoms with van der Waals surface area (Å²) < 4.78 is 21.9. The van der Waals surface area contributed by atoms with Crippen molar-refractivity contribution in [2.75, 3.05) is 11.1 Å². The first-order valence-corrected chi connectivity index (χ1v) is 12.3. The number of anilines is 2. The van der Waals surface area contributed by atoms with E-state index in [2.05, 4.69) is 20.4 Å². The molecule has 0 bridgehead atoms. The molecule has 1 fully saturated rings. The van der Waals surface area contributed by atoms with Crippen LogP contribution in [0, 0.1) is 5.82 Å². The highest BCUT2D eigenvalue weighted by atomic mass is 19.1. The third-order valence-corrected chi connectivity index (χ3v) is 6.70. The Bertz CT molecular complexity index is 1660. The Hall–Kier alpha value is -4.53. The number of hydrogen-bond acceptors (Lipinski definition) is 7. The largest absolute Gasteiger partial charge is 0.398 e. The molecule has 9 heteroatoms. The van der Waals surface area contributed by atoms with E-state index in [-0.39, 0.29) is 11.4 Å². The Labute approximate surface area is 212 Å². The van der Waals surface area contributed by atoms with Crippen LogP contribution in [0.3, 0.4) is 0 Å². The van der Waals surface area contributed by atoms with Gasteiger partial charge in [0.25, 0.3) is 11.4 Å². The lowest BCUT2D eigenvalue weighted by Gasteiger charge is -2.24. The van der Waals surface area contributed by atoms with Crippen LogP contribution in [-0.2, 0) is 0 Å². The first-order chi connectivity index (χ1) is 18.0. The summed E-state index contributed by atoms with van der Waals surface area (Å²) in [7, 11) is 0. The van der Waals surface area contributed by atoms with E-state index in [1.165, 1.54) is 6.07 Å². The summed E-state index contributed by atoms with van der Waals surface area (Å²) in [5.74, 6) is 1.21. The monoisotopic (exact) mass is 496 g/mol. The first kappa shape index (κ1) is 22.9. The molecule has 0 aliphatic heterocycles. The van der Waals surface area contributed by atoms with Gasteiger partial charge in [0.05, 0.1) is 11.4 Å². The Morgan fingerprint density at radius 2 is 1.97 bits per heavy atom. The van der Waals surface area contributed by atoms with Crippen LogP contribution in [0.1, 0.15) is 49.7 Å². The molecule has 1 aliphatic rings. The van der Waals surface area contributed by atoms with E-state index in [1.54, 1.807) is 29.0 Å². The molecule has 1 aliphatic carbocycles. The number of aromatic nitrogens is 4. The van der Waals surface area contributed by atoms with Gasteiger partial charge in [-0.25, -0.2) is 9.37 Å². The number of para-hydroxylation sites is 1. The lowest BCUT2D eigenvalue weighted by atomic mass is 10.0. The number of halogens is 1. The molecular formula is C28H25FN6O2. The van der Waals surface area contributed by atoms with Crippen LogP contribution in [0.25, 0.3) is 27.9 Å². The van der Waals surface area contributed by atoms with Gasteiger partial charge in [-0.2, -0.15) is 4.98 Å². The molecule has 0 amide bonds. The van der Waals surface area contributed by atoms with Crippen molar-refractivity contribution in [3.05, 3.63) is 94.5 Å². The van der Waals surface area contributed by atoms with Crippen molar-refractivity contribution in [2.24, 2.45) is 0 Å². The quantitative estimate of drug-likeness (QED) is 0.302. The maximum absolute atomic E-state index is 14.8. The smallest absolute Gasteiger partial charge is 0.266 e. The van der Waals surface area contributed by atoms with E-state index >= 15 is 0 Å². The van der Waals surface area contributed by atoms with Gasteiger partial charge in [0.15, 0.2) is 5.82 Å². The summed E-state index contributed by atoms with van der Waals surface area (Å²) in [5.41, 5.74) is 8.17. The molecule has 0 spiro atoms. The Morgan fingerprint density at radius 1 is 1.16 bits per heavy atom. The minimum absolute atomic E-state index is 0.0474. The maximum Gasteiger partial charge on any atom is 0.266 e. The molecule has 1 saturated carbocycles. The number of nitrogen functional groups attached to an aromatic ring is 1. The van der Waals surface area contributed by atoms with Crippen LogP contribution in [0.5, 0.6) is 0 Å². The van der Waals surface area contributed by atoms with Gasteiger partial charge >= 0.3 is 0 Å². The van der Waals surface area contributed by atoms with Gasteiger partial charge in [0.1, 0.15) is 17.2 Å². The van der Waals surface area contributed by atoms with E-state index < -0.39 is 11.4 Å². The molecule has 186 valence electrons. The molecular weight excluding hydrogens is 471 g/mol. The number of fused-ring (bicyclic) bond motifs is 1. The Balaban J connectivity index is 1.50. The van der Waals surface area contributed by atoms with Gasteiger partial charge in [0, 0.05) is 29.2 Å². The molecule has 3 N–H and O–H groups in total. The summed E-state index contributed by atoms with van der Waals surface area (Å²) in [6.07, 6.45) is 4.29. The molecule has 37 heavy (non-hydrogen) atoms. The van der Waals surface area contributed by atoms with Crippen LogP contribution in [-0.4, -0.2) is 19.7 Å². The summed E-state index contributed by atoms with van der Waals surface area (Å²) in [5, 5.41) is 8.15. The molecule has 1 atom stereocenters. The van der Waals surface area contributed by atoms with E-state index in [0.29, 0.717) is 57.9 Å². The van der Waals surface area contributed by atoms with Crippen molar-refractivity contribution >= 4 is 22.3 Å². The molecule has 3 heterocycles. The van der Waals surface area contributed by atoms with Gasteiger partial charge in [-0.1, -0.05) is 42.4 Å². The molecule has 2 aromatic carbocycles. The summed E-state index contributed by atoms with van der Waals surface area (Å²) in [6.45, 7) is 2.00. The van der Waals surface area contributed by atoms with Gasteiger partial charge in [0.2, 0.25) is 0 Å². The fourth-order valence-electron chi connectivity index (χ4n) is 4.64. The zero-order chi connectivity index (χ0) is 25.5. The maximum atomic E-state index is 14.8. The lowest BCUT2D eigenvalue weighted by molar-refractivity contribution is 0.423. The van der Waals surface area contributed by atoms with Crippen LogP contribution < -0.4 is 16.6 Å². The van der Waals surface area contributed by atoms with Crippen LogP contribution >= 0.6 is 0 Å². The number of hydrogen-bond donors (Lipinski definition) is 2. The predicted octanol–water partition coefficient (Wildman–Crippen LogP) is 5.60. The second-order valence-corrected chi connectivity index (χ2v) is 9.21. The second-order valence-electron chi connectivity index (χ2n) is 9.21. The molecule has 5 aromatic rings. The van der Waals surface area contributed by atoms with Gasteiger partial charge < -0.3 is 15.6 Å². The van der Waals surface area contributed by atoms with Crippen molar-refractivity contribution in [3.8, 4) is 17.1 Å². The SMILES string of the molecule is CC[C@H](Nc1nccc(N)c1-c1nc(C2CC2)no1)c1cc2cccc(F)c2c(=O)n1-c1ccccc1. The van der Waals surface area contributed by atoms with Crippen molar-refractivity contribution in [1.82, 2.24) is 19.7 Å². The molecule has 0 radical (unpaired) electrons. The standard InChI is InChI=1S/C28H25FN6O2/c1-2-21(32-26-24(20(30)13-14-31-26)27-33-25(34-37-27)16-11-12-16)22-15-17-7-6-10-19(29)23(17)28(36)35(22)18-8-4-3-5-9-18/h3-10,13-16,21H,2,11-12H2,1H3,(H3,30,31,32)/t21-/m0/s1. The number of pyridine rings is 2. The minimum atomic E-state index is -0.553. The average Bonchev–Trinajstić information content (AvgIpc) is 3.65. The number of nitrogens with two attached hydrogens (primary N) is 1. The van der Waals surface area contributed by atoms with E-state index in [0.717, 1.165) is 12.8 Å². The van der Waals surface area contributed by atoms with Crippen molar-refractivity contribution in [2.45, 2.75) is 38.1 Å². The zero-order valence-corrected chi connectivity index (χ0v) is 20.2. The highest BCUT2D eigenvalue weighted by Crippen LogP contribution is 2.40. The van der Waals surface area contributed by atoms with E-state index in [4.69, 9.17) is 10.3 Å². The molecule has 0 unspecified atom stereocenters. The highest BCUT2D eigenvalue weighted by Gasteiger charge is 2.30. The predicted molar refractivity (Wildman–Crippen MR) is 140 cm³/mol. The Kier molecular flexibility index (Phi) is 5.67. The number of rotatable bonds is 7. The van der Waals surface area contributed by atoms with Crippen molar-refractivity contribution < 1.29 is 8.91 Å². The van der Waals surface area contributed by atoms with Crippen LogP contribution in [0.2, 0.25) is 0 Å². The normalized spacial score (nSPS) is 14.1. The molecule has 8 nitrogen and oxygen atoms in total. The van der Waals surface area contributed by atoms with Crippen LogP contribution in [0.15, 0.2) is 76.2 Å². The first-order valence-electron chi connectivity index (χ1n) is 12.3. The topological polar surface area (TPSA) is 112 Å².